The zero-order valence-corrected chi connectivity index (χ0v) is 15.1. The van der Waals surface area contributed by atoms with Crippen molar-refractivity contribution in [2.75, 3.05) is 26.2 Å². The van der Waals surface area contributed by atoms with Gasteiger partial charge >= 0.3 is 0 Å². The summed E-state index contributed by atoms with van der Waals surface area (Å²) < 4.78 is 0. The third-order valence-electron chi connectivity index (χ3n) is 5.44. The summed E-state index contributed by atoms with van der Waals surface area (Å²) in [7, 11) is 0. The summed E-state index contributed by atoms with van der Waals surface area (Å²) in [5, 5.41) is 2.90. The first-order valence-electron chi connectivity index (χ1n) is 9.44. The molecule has 1 aromatic rings. The van der Waals surface area contributed by atoms with E-state index in [-0.39, 0.29) is 11.9 Å². The quantitative estimate of drug-likeness (QED) is 0.890. The van der Waals surface area contributed by atoms with Gasteiger partial charge < -0.3 is 10.2 Å². The molecule has 2 aliphatic heterocycles. The Balaban J connectivity index is 1.51. The highest BCUT2D eigenvalue weighted by Crippen LogP contribution is 2.24. The number of piperidine rings is 1. The van der Waals surface area contributed by atoms with Gasteiger partial charge in [0.2, 0.25) is 11.8 Å². The fraction of sp³-hybridized carbons (Fsp3) is 0.600. The molecule has 0 aromatic heterocycles. The molecule has 1 aromatic carbocycles. The average Bonchev–Trinajstić information content (AvgIpc) is 3.08. The zero-order chi connectivity index (χ0) is 17.6. The van der Waals surface area contributed by atoms with E-state index in [1.54, 1.807) is 6.92 Å². The summed E-state index contributed by atoms with van der Waals surface area (Å²) in [6, 6.07) is 10.4. The highest BCUT2D eigenvalue weighted by atomic mass is 16.2. The minimum Gasteiger partial charge on any atom is -0.356 e. The Labute approximate surface area is 150 Å². The molecule has 2 saturated heterocycles. The molecule has 2 fully saturated rings. The molecule has 2 amide bonds. The number of rotatable bonds is 5. The summed E-state index contributed by atoms with van der Waals surface area (Å²) in [5.74, 6) is 0.823. The fourth-order valence-corrected chi connectivity index (χ4v) is 3.97. The normalized spacial score (nSPS) is 22.1. The Morgan fingerprint density at radius 2 is 1.80 bits per heavy atom. The van der Waals surface area contributed by atoms with Gasteiger partial charge in [0.1, 0.15) is 0 Å². The maximum Gasteiger partial charge on any atom is 0.239 e. The molecule has 1 atom stereocenters. The van der Waals surface area contributed by atoms with Crippen molar-refractivity contribution in [2.24, 2.45) is 5.92 Å². The number of carbonyl (C=O) groups excluding carboxylic acids is 2. The molecule has 0 radical (unpaired) electrons. The fourth-order valence-electron chi connectivity index (χ4n) is 3.97. The van der Waals surface area contributed by atoms with Crippen molar-refractivity contribution >= 4 is 11.8 Å². The molecule has 5 heteroatoms. The number of likely N-dealkylation sites (tertiary alicyclic amines) is 2. The van der Waals surface area contributed by atoms with Gasteiger partial charge in [-0.15, -0.1) is 0 Å². The van der Waals surface area contributed by atoms with Gasteiger partial charge in [0.05, 0.1) is 6.04 Å². The van der Waals surface area contributed by atoms with Crippen LogP contribution in [0.4, 0.5) is 0 Å². The standard InChI is InChI=1S/C20H29N3O2/c1-16(24)21-14-17-9-12-22(13-10-17)20(25)19-8-5-11-23(19)15-18-6-3-2-4-7-18/h2-4,6-7,17,19H,5,8-15H2,1H3,(H,21,24)/t19-/m0/s1. The Morgan fingerprint density at radius 1 is 1.08 bits per heavy atom. The number of hydrogen-bond donors (Lipinski definition) is 1. The van der Waals surface area contributed by atoms with Crippen LogP contribution in [0.15, 0.2) is 30.3 Å². The molecule has 3 rings (SSSR count). The minimum absolute atomic E-state index is 0.0287. The van der Waals surface area contributed by atoms with E-state index in [4.69, 9.17) is 0 Å². The Kier molecular flexibility index (Phi) is 6.08. The van der Waals surface area contributed by atoms with Crippen LogP contribution in [0.25, 0.3) is 0 Å². The van der Waals surface area contributed by atoms with Crippen LogP contribution >= 0.6 is 0 Å². The van der Waals surface area contributed by atoms with E-state index in [2.05, 4.69) is 34.5 Å². The van der Waals surface area contributed by atoms with E-state index in [0.29, 0.717) is 11.8 Å². The third-order valence-corrected chi connectivity index (χ3v) is 5.44. The number of benzene rings is 1. The monoisotopic (exact) mass is 343 g/mol. The Bertz CT molecular complexity index is 582. The topological polar surface area (TPSA) is 52.7 Å². The number of nitrogens with one attached hydrogen (secondary N) is 1. The van der Waals surface area contributed by atoms with Gasteiger partial charge in [-0.25, -0.2) is 0 Å². The number of amides is 2. The van der Waals surface area contributed by atoms with E-state index < -0.39 is 0 Å². The van der Waals surface area contributed by atoms with Crippen molar-refractivity contribution in [2.45, 2.75) is 45.2 Å². The highest BCUT2D eigenvalue weighted by molar-refractivity contribution is 5.82. The second-order valence-electron chi connectivity index (χ2n) is 7.32. The number of nitrogens with zero attached hydrogens (tertiary/aromatic N) is 2. The predicted octanol–water partition coefficient (Wildman–Crippen LogP) is 2.03. The predicted molar refractivity (Wildman–Crippen MR) is 97.9 cm³/mol. The lowest BCUT2D eigenvalue weighted by molar-refractivity contribution is -0.137. The lowest BCUT2D eigenvalue weighted by Gasteiger charge is -2.35. The van der Waals surface area contributed by atoms with Crippen molar-refractivity contribution in [3.63, 3.8) is 0 Å². The zero-order valence-electron chi connectivity index (χ0n) is 15.1. The van der Waals surface area contributed by atoms with Crippen molar-refractivity contribution in [3.05, 3.63) is 35.9 Å². The van der Waals surface area contributed by atoms with Crippen LogP contribution < -0.4 is 5.32 Å². The van der Waals surface area contributed by atoms with Crippen molar-refractivity contribution < 1.29 is 9.59 Å². The van der Waals surface area contributed by atoms with Crippen LogP contribution in [0.1, 0.15) is 38.2 Å². The van der Waals surface area contributed by atoms with E-state index in [1.807, 2.05) is 11.0 Å². The molecular weight excluding hydrogens is 314 g/mol. The molecule has 136 valence electrons. The van der Waals surface area contributed by atoms with Gasteiger partial charge in [-0.2, -0.15) is 0 Å². The van der Waals surface area contributed by atoms with Crippen LogP contribution in [-0.4, -0.2) is 53.8 Å². The second-order valence-corrected chi connectivity index (χ2v) is 7.32. The summed E-state index contributed by atoms with van der Waals surface area (Å²) in [6.07, 6.45) is 4.04. The lowest BCUT2D eigenvalue weighted by Crippen LogP contribution is -2.49. The second kappa shape index (κ2) is 8.48. The molecule has 25 heavy (non-hydrogen) atoms. The largest absolute Gasteiger partial charge is 0.356 e. The van der Waals surface area contributed by atoms with Crippen LogP contribution in [-0.2, 0) is 16.1 Å². The van der Waals surface area contributed by atoms with Crippen LogP contribution in [0.5, 0.6) is 0 Å². The third kappa shape index (κ3) is 4.82. The maximum atomic E-state index is 13.0. The minimum atomic E-state index is 0.0287. The van der Waals surface area contributed by atoms with E-state index in [9.17, 15) is 9.59 Å². The first-order valence-corrected chi connectivity index (χ1v) is 9.44. The summed E-state index contributed by atoms with van der Waals surface area (Å²) >= 11 is 0. The summed E-state index contributed by atoms with van der Waals surface area (Å²) in [4.78, 5) is 28.4. The molecule has 0 unspecified atom stereocenters. The molecule has 5 nitrogen and oxygen atoms in total. The summed E-state index contributed by atoms with van der Waals surface area (Å²) in [6.45, 7) is 5.79. The maximum absolute atomic E-state index is 13.0. The average molecular weight is 343 g/mol. The number of hydrogen-bond acceptors (Lipinski definition) is 3. The molecule has 1 N–H and O–H groups in total. The van der Waals surface area contributed by atoms with Gasteiger partial charge in [0.25, 0.3) is 0 Å². The number of carbonyl (C=O) groups is 2. The van der Waals surface area contributed by atoms with E-state index in [1.165, 1.54) is 5.56 Å². The van der Waals surface area contributed by atoms with Gasteiger partial charge in [0.15, 0.2) is 0 Å². The first-order chi connectivity index (χ1) is 12.1. The van der Waals surface area contributed by atoms with E-state index in [0.717, 1.165) is 58.4 Å². The molecular formula is C20H29N3O2. The smallest absolute Gasteiger partial charge is 0.239 e. The molecule has 0 spiro atoms. The van der Waals surface area contributed by atoms with Crippen molar-refractivity contribution in [1.29, 1.82) is 0 Å². The molecule has 2 heterocycles. The van der Waals surface area contributed by atoms with Gasteiger partial charge in [-0.05, 0) is 43.7 Å². The van der Waals surface area contributed by atoms with E-state index >= 15 is 0 Å². The lowest BCUT2D eigenvalue weighted by atomic mass is 9.96. The molecule has 0 aliphatic carbocycles. The van der Waals surface area contributed by atoms with Gasteiger partial charge in [-0.1, -0.05) is 30.3 Å². The SMILES string of the molecule is CC(=O)NCC1CCN(C(=O)[C@@H]2CCCN2Cc2ccccc2)CC1. The Hall–Kier alpha value is -1.88. The highest BCUT2D eigenvalue weighted by Gasteiger charge is 2.34. The molecule has 2 aliphatic rings. The van der Waals surface area contributed by atoms with Crippen molar-refractivity contribution in [3.8, 4) is 0 Å². The Morgan fingerprint density at radius 3 is 2.48 bits per heavy atom. The van der Waals surface area contributed by atoms with Crippen LogP contribution in [0.2, 0.25) is 0 Å². The van der Waals surface area contributed by atoms with Crippen LogP contribution in [0, 0.1) is 5.92 Å². The van der Waals surface area contributed by atoms with Gasteiger partial charge in [-0.3, -0.25) is 14.5 Å². The van der Waals surface area contributed by atoms with Crippen molar-refractivity contribution in [1.82, 2.24) is 15.1 Å². The van der Waals surface area contributed by atoms with Crippen LogP contribution in [0.3, 0.4) is 0 Å². The first kappa shape index (κ1) is 17.9. The summed E-state index contributed by atoms with van der Waals surface area (Å²) in [5.41, 5.74) is 1.27. The molecule has 0 saturated carbocycles. The van der Waals surface area contributed by atoms with Gasteiger partial charge in [0, 0.05) is 33.1 Å². The molecule has 0 bridgehead atoms.